The molecular weight excluding hydrogens is 320 g/mol. The number of rotatable bonds is 6. The summed E-state index contributed by atoms with van der Waals surface area (Å²) in [5.74, 6) is -1.21. The molecule has 128 valence electrons. The third kappa shape index (κ3) is 3.50. The summed E-state index contributed by atoms with van der Waals surface area (Å²) in [5.41, 5.74) is 0.700. The molecule has 2 aromatic heterocycles. The smallest absolute Gasteiger partial charge is 0.341 e. The SMILES string of the molecule is Cc1ccn(C(CCn2cncn2)c2ccccc2)c(=O)c1C(=O)O. The first-order valence-corrected chi connectivity index (χ1v) is 7.90. The van der Waals surface area contributed by atoms with Gasteiger partial charge in [-0.15, -0.1) is 0 Å². The van der Waals surface area contributed by atoms with Crippen LogP contribution in [-0.4, -0.2) is 30.4 Å². The van der Waals surface area contributed by atoms with Crippen molar-refractivity contribution in [3.05, 3.63) is 82.3 Å². The highest BCUT2D eigenvalue weighted by molar-refractivity contribution is 5.88. The minimum atomic E-state index is -1.21. The van der Waals surface area contributed by atoms with Crippen molar-refractivity contribution in [1.82, 2.24) is 19.3 Å². The van der Waals surface area contributed by atoms with Crippen LogP contribution in [0.25, 0.3) is 0 Å². The second kappa shape index (κ2) is 7.12. The maximum Gasteiger partial charge on any atom is 0.341 e. The number of aromatic carboxylic acids is 1. The zero-order chi connectivity index (χ0) is 17.8. The van der Waals surface area contributed by atoms with Gasteiger partial charge >= 0.3 is 5.97 Å². The van der Waals surface area contributed by atoms with Crippen LogP contribution >= 0.6 is 0 Å². The fraction of sp³-hybridized carbons (Fsp3) is 0.222. The molecule has 3 aromatic rings. The Labute approximate surface area is 144 Å². The van der Waals surface area contributed by atoms with Gasteiger partial charge in [-0.1, -0.05) is 30.3 Å². The molecule has 0 spiro atoms. The Bertz CT molecular complexity index is 917. The number of carbonyl (C=O) groups is 1. The summed E-state index contributed by atoms with van der Waals surface area (Å²) in [5, 5.41) is 13.4. The lowest BCUT2D eigenvalue weighted by molar-refractivity contribution is 0.0693. The number of nitrogens with zero attached hydrogens (tertiary/aromatic N) is 4. The molecule has 0 bridgehead atoms. The van der Waals surface area contributed by atoms with E-state index in [1.807, 2.05) is 30.3 Å². The van der Waals surface area contributed by atoms with E-state index in [0.717, 1.165) is 5.56 Å². The summed E-state index contributed by atoms with van der Waals surface area (Å²) in [6, 6.07) is 10.9. The molecule has 1 aromatic carbocycles. The molecule has 0 amide bonds. The minimum absolute atomic E-state index is 0.191. The fourth-order valence-corrected chi connectivity index (χ4v) is 2.89. The number of hydrogen-bond acceptors (Lipinski definition) is 4. The van der Waals surface area contributed by atoms with Crippen LogP contribution < -0.4 is 5.56 Å². The summed E-state index contributed by atoms with van der Waals surface area (Å²) >= 11 is 0. The van der Waals surface area contributed by atoms with Crippen LogP contribution in [0.5, 0.6) is 0 Å². The van der Waals surface area contributed by atoms with Crippen molar-refractivity contribution in [3.63, 3.8) is 0 Å². The summed E-state index contributed by atoms with van der Waals surface area (Å²) in [4.78, 5) is 28.1. The number of aromatic nitrogens is 4. The van der Waals surface area contributed by atoms with Crippen LogP contribution in [-0.2, 0) is 6.54 Å². The van der Waals surface area contributed by atoms with E-state index >= 15 is 0 Å². The third-order valence-electron chi connectivity index (χ3n) is 4.16. The Kier molecular flexibility index (Phi) is 4.74. The monoisotopic (exact) mass is 338 g/mol. The summed E-state index contributed by atoms with van der Waals surface area (Å²) < 4.78 is 3.18. The summed E-state index contributed by atoms with van der Waals surface area (Å²) in [6.07, 6.45) is 5.30. The maximum absolute atomic E-state index is 12.8. The second-order valence-corrected chi connectivity index (χ2v) is 5.77. The molecule has 25 heavy (non-hydrogen) atoms. The Hall–Kier alpha value is -3.22. The van der Waals surface area contributed by atoms with E-state index in [1.165, 1.54) is 10.9 Å². The molecule has 0 radical (unpaired) electrons. The highest BCUT2D eigenvalue weighted by atomic mass is 16.4. The molecule has 0 saturated carbocycles. The van der Waals surface area contributed by atoms with Crippen LogP contribution in [0.15, 0.2) is 60.0 Å². The highest BCUT2D eigenvalue weighted by Crippen LogP contribution is 2.22. The third-order valence-corrected chi connectivity index (χ3v) is 4.16. The molecule has 1 N–H and O–H groups in total. The number of aryl methyl sites for hydroxylation is 2. The van der Waals surface area contributed by atoms with Gasteiger partial charge in [-0.25, -0.2) is 9.78 Å². The summed E-state index contributed by atoms with van der Waals surface area (Å²) in [7, 11) is 0. The van der Waals surface area contributed by atoms with E-state index in [4.69, 9.17) is 0 Å². The molecular formula is C18H18N4O3. The molecule has 3 rings (SSSR count). The van der Waals surface area contributed by atoms with E-state index in [-0.39, 0.29) is 11.6 Å². The Balaban J connectivity index is 2.04. The van der Waals surface area contributed by atoms with Crippen molar-refractivity contribution < 1.29 is 9.90 Å². The average Bonchev–Trinajstić information content (AvgIpc) is 3.11. The van der Waals surface area contributed by atoms with Gasteiger partial charge in [0.1, 0.15) is 18.2 Å². The first-order chi connectivity index (χ1) is 12.1. The molecule has 0 aliphatic heterocycles. The van der Waals surface area contributed by atoms with E-state index < -0.39 is 11.5 Å². The van der Waals surface area contributed by atoms with Gasteiger partial charge in [0.15, 0.2) is 0 Å². The maximum atomic E-state index is 12.8. The molecule has 0 aliphatic rings. The van der Waals surface area contributed by atoms with Crippen molar-refractivity contribution in [2.24, 2.45) is 0 Å². The van der Waals surface area contributed by atoms with Gasteiger partial charge < -0.3 is 9.67 Å². The van der Waals surface area contributed by atoms with Crippen LogP contribution in [0.1, 0.15) is 33.9 Å². The zero-order valence-corrected chi connectivity index (χ0v) is 13.7. The molecule has 0 fully saturated rings. The lowest BCUT2D eigenvalue weighted by atomic mass is 10.0. The number of pyridine rings is 1. The van der Waals surface area contributed by atoms with Gasteiger partial charge in [-0.05, 0) is 30.5 Å². The minimum Gasteiger partial charge on any atom is -0.477 e. The van der Waals surface area contributed by atoms with Crippen LogP contribution in [0.3, 0.4) is 0 Å². The van der Waals surface area contributed by atoms with E-state index in [1.54, 1.807) is 30.2 Å². The molecule has 1 atom stereocenters. The number of carboxylic acid groups (broad SMARTS) is 1. The fourth-order valence-electron chi connectivity index (χ4n) is 2.89. The van der Waals surface area contributed by atoms with Crippen molar-refractivity contribution in [2.45, 2.75) is 25.9 Å². The normalized spacial score (nSPS) is 12.0. The molecule has 2 heterocycles. The van der Waals surface area contributed by atoms with Gasteiger partial charge in [0.05, 0.1) is 6.04 Å². The molecule has 0 saturated heterocycles. The van der Waals surface area contributed by atoms with Crippen molar-refractivity contribution in [3.8, 4) is 0 Å². The first-order valence-electron chi connectivity index (χ1n) is 7.90. The second-order valence-electron chi connectivity index (χ2n) is 5.77. The molecule has 7 nitrogen and oxygen atoms in total. The van der Waals surface area contributed by atoms with Gasteiger partial charge in [0.2, 0.25) is 0 Å². The standard InChI is InChI=1S/C18H18N4O3/c1-13-7-10-22(17(23)16(13)18(24)25)15(14-5-3-2-4-6-14)8-9-21-12-19-11-20-21/h2-7,10-12,15H,8-9H2,1H3,(H,24,25). The largest absolute Gasteiger partial charge is 0.477 e. The van der Waals surface area contributed by atoms with Crippen molar-refractivity contribution in [1.29, 1.82) is 0 Å². The molecule has 7 heteroatoms. The van der Waals surface area contributed by atoms with E-state index in [9.17, 15) is 14.7 Å². The predicted molar refractivity (Wildman–Crippen MR) is 91.6 cm³/mol. The first kappa shape index (κ1) is 16.6. The van der Waals surface area contributed by atoms with Gasteiger partial charge in [0, 0.05) is 12.7 Å². The molecule has 1 unspecified atom stereocenters. The van der Waals surface area contributed by atoms with E-state index in [0.29, 0.717) is 18.5 Å². The van der Waals surface area contributed by atoms with Crippen LogP contribution in [0.2, 0.25) is 0 Å². The van der Waals surface area contributed by atoms with Gasteiger partial charge in [0.25, 0.3) is 5.56 Å². The van der Waals surface area contributed by atoms with Crippen LogP contribution in [0.4, 0.5) is 0 Å². The van der Waals surface area contributed by atoms with Crippen molar-refractivity contribution in [2.75, 3.05) is 0 Å². The van der Waals surface area contributed by atoms with Crippen LogP contribution in [0, 0.1) is 6.92 Å². The Morgan fingerprint density at radius 3 is 2.64 bits per heavy atom. The molecule has 0 aliphatic carbocycles. The predicted octanol–water partition coefficient (Wildman–Crippen LogP) is 2.13. The average molecular weight is 338 g/mol. The zero-order valence-electron chi connectivity index (χ0n) is 13.7. The Morgan fingerprint density at radius 2 is 2.00 bits per heavy atom. The number of benzene rings is 1. The van der Waals surface area contributed by atoms with Crippen molar-refractivity contribution >= 4 is 5.97 Å². The lowest BCUT2D eigenvalue weighted by Crippen LogP contribution is -2.31. The highest BCUT2D eigenvalue weighted by Gasteiger charge is 2.20. The quantitative estimate of drug-likeness (QED) is 0.743. The van der Waals surface area contributed by atoms with Gasteiger partial charge in [-0.2, -0.15) is 5.10 Å². The summed E-state index contributed by atoms with van der Waals surface area (Å²) in [6.45, 7) is 2.18. The van der Waals surface area contributed by atoms with E-state index in [2.05, 4.69) is 10.1 Å². The van der Waals surface area contributed by atoms with Gasteiger partial charge in [-0.3, -0.25) is 9.48 Å². The number of hydrogen-bond donors (Lipinski definition) is 1. The lowest BCUT2D eigenvalue weighted by Gasteiger charge is -2.21. The topological polar surface area (TPSA) is 90.0 Å². The number of carboxylic acids is 1. The Morgan fingerprint density at radius 1 is 1.24 bits per heavy atom.